The van der Waals surface area contributed by atoms with E-state index in [2.05, 4.69) is 4.18 Å². The van der Waals surface area contributed by atoms with Crippen LogP contribution < -0.4 is 8.92 Å². The predicted molar refractivity (Wildman–Crippen MR) is 72.9 cm³/mol. The third-order valence-corrected chi connectivity index (χ3v) is 2.98. The molecule has 4 nitrogen and oxygen atoms in total. The average molecular weight is 317 g/mol. The SMILES string of the molecule is O=S(=O)(F)Oc1ccc(OCc2ccc(Cl)cc2)cc1. The first-order chi connectivity index (χ1) is 9.42. The number of rotatable bonds is 5. The Morgan fingerprint density at radius 3 is 2.05 bits per heavy atom. The van der Waals surface area contributed by atoms with Crippen molar-refractivity contribution in [2.75, 3.05) is 0 Å². The van der Waals surface area contributed by atoms with E-state index in [0.717, 1.165) is 5.56 Å². The lowest BCUT2D eigenvalue weighted by atomic mass is 10.2. The average Bonchev–Trinajstić information content (AvgIpc) is 2.38. The fraction of sp³-hybridized carbons (Fsp3) is 0.0769. The molecule has 0 bridgehead atoms. The molecule has 0 saturated carbocycles. The Morgan fingerprint density at radius 1 is 0.950 bits per heavy atom. The first kappa shape index (κ1) is 14.6. The van der Waals surface area contributed by atoms with Crippen LogP contribution in [0, 0.1) is 0 Å². The summed E-state index contributed by atoms with van der Waals surface area (Å²) < 4.78 is 42.4. The smallest absolute Gasteiger partial charge is 0.488 e. The minimum absolute atomic E-state index is 0.119. The Bertz CT molecular complexity index is 669. The Kier molecular flexibility index (Phi) is 4.46. The van der Waals surface area contributed by atoms with Gasteiger partial charge >= 0.3 is 10.5 Å². The number of halogens is 2. The third-order valence-electron chi connectivity index (χ3n) is 2.34. The van der Waals surface area contributed by atoms with Gasteiger partial charge in [0, 0.05) is 5.02 Å². The summed E-state index contributed by atoms with van der Waals surface area (Å²) in [5.41, 5.74) is 0.932. The first-order valence-corrected chi connectivity index (χ1v) is 7.22. The number of hydrogen-bond donors (Lipinski definition) is 0. The van der Waals surface area contributed by atoms with E-state index in [1.807, 2.05) is 12.1 Å². The molecule has 0 unspecified atom stereocenters. The van der Waals surface area contributed by atoms with Crippen LogP contribution in [0.4, 0.5) is 3.89 Å². The Labute approximate surface area is 121 Å². The monoisotopic (exact) mass is 316 g/mol. The molecule has 0 amide bonds. The maximum atomic E-state index is 12.3. The molecule has 20 heavy (non-hydrogen) atoms. The van der Waals surface area contributed by atoms with Gasteiger partial charge in [0.05, 0.1) is 0 Å². The third kappa shape index (κ3) is 4.71. The second-order valence-corrected chi connectivity index (χ2v) is 5.25. The van der Waals surface area contributed by atoms with Gasteiger partial charge in [0.2, 0.25) is 0 Å². The van der Waals surface area contributed by atoms with E-state index >= 15 is 0 Å². The van der Waals surface area contributed by atoms with Crippen molar-refractivity contribution in [3.05, 3.63) is 59.1 Å². The van der Waals surface area contributed by atoms with Gasteiger partial charge in [-0.3, -0.25) is 0 Å². The topological polar surface area (TPSA) is 52.6 Å². The molecule has 2 aromatic rings. The first-order valence-electron chi connectivity index (χ1n) is 5.54. The van der Waals surface area contributed by atoms with Crippen LogP contribution >= 0.6 is 11.6 Å². The van der Waals surface area contributed by atoms with Crippen molar-refractivity contribution in [1.82, 2.24) is 0 Å². The molecule has 7 heteroatoms. The lowest BCUT2D eigenvalue weighted by Crippen LogP contribution is -2.01. The number of benzene rings is 2. The minimum Gasteiger partial charge on any atom is -0.489 e. The van der Waals surface area contributed by atoms with Gasteiger partial charge in [-0.1, -0.05) is 27.6 Å². The molecular weight excluding hydrogens is 307 g/mol. The van der Waals surface area contributed by atoms with Gasteiger partial charge in [-0.2, -0.15) is 8.42 Å². The summed E-state index contributed by atoms with van der Waals surface area (Å²) in [5, 5.41) is 0.641. The summed E-state index contributed by atoms with van der Waals surface area (Å²) in [6.45, 7) is 0.332. The van der Waals surface area contributed by atoms with E-state index in [4.69, 9.17) is 16.3 Å². The molecule has 2 rings (SSSR count). The van der Waals surface area contributed by atoms with Crippen molar-refractivity contribution < 1.29 is 21.2 Å². The van der Waals surface area contributed by atoms with Crippen LogP contribution in [0.2, 0.25) is 5.02 Å². The summed E-state index contributed by atoms with van der Waals surface area (Å²) in [4.78, 5) is 0. The van der Waals surface area contributed by atoms with E-state index in [-0.39, 0.29) is 5.75 Å². The van der Waals surface area contributed by atoms with Gasteiger partial charge in [-0.25, -0.2) is 0 Å². The second kappa shape index (κ2) is 6.11. The molecule has 2 aromatic carbocycles. The molecule has 0 aromatic heterocycles. The van der Waals surface area contributed by atoms with Crippen LogP contribution in [0.15, 0.2) is 48.5 Å². The zero-order valence-corrected chi connectivity index (χ0v) is 11.7. The summed E-state index contributed by atoms with van der Waals surface area (Å²) in [6, 6.07) is 12.7. The molecule has 0 atom stereocenters. The molecular formula is C13H10ClFO4S. The zero-order chi connectivity index (χ0) is 14.6. The molecule has 106 valence electrons. The highest BCUT2D eigenvalue weighted by molar-refractivity contribution is 7.81. The van der Waals surface area contributed by atoms with Crippen molar-refractivity contribution in [3.63, 3.8) is 0 Å². The van der Waals surface area contributed by atoms with Crippen molar-refractivity contribution in [1.29, 1.82) is 0 Å². The van der Waals surface area contributed by atoms with Crippen LogP contribution in [0.1, 0.15) is 5.56 Å². The highest BCUT2D eigenvalue weighted by Crippen LogP contribution is 2.20. The maximum Gasteiger partial charge on any atom is 0.488 e. The molecule has 0 saturated heterocycles. The fourth-order valence-electron chi connectivity index (χ4n) is 1.45. The summed E-state index contributed by atoms with van der Waals surface area (Å²) in [6.07, 6.45) is 0. The van der Waals surface area contributed by atoms with E-state index in [9.17, 15) is 12.3 Å². The Hall–Kier alpha value is -1.79. The normalized spacial score (nSPS) is 11.1. The minimum atomic E-state index is -5.00. The Balaban J connectivity index is 1.95. The standard InChI is InChI=1S/C13H10ClFO4S/c14-11-3-1-10(2-4-11)9-18-12-5-7-13(8-6-12)19-20(15,16)17/h1-8H,9H2. The van der Waals surface area contributed by atoms with Gasteiger partial charge in [-0.05, 0) is 42.0 Å². The van der Waals surface area contributed by atoms with Crippen LogP contribution in [0.25, 0.3) is 0 Å². The lowest BCUT2D eigenvalue weighted by molar-refractivity contribution is 0.306. The zero-order valence-electron chi connectivity index (χ0n) is 10.1. The molecule has 0 aliphatic heterocycles. The number of hydrogen-bond acceptors (Lipinski definition) is 4. The molecule has 0 radical (unpaired) electrons. The van der Waals surface area contributed by atoms with E-state index in [0.29, 0.717) is 17.4 Å². The quantitative estimate of drug-likeness (QED) is 0.792. The number of ether oxygens (including phenoxy) is 1. The van der Waals surface area contributed by atoms with Crippen molar-refractivity contribution in [2.24, 2.45) is 0 Å². The van der Waals surface area contributed by atoms with Crippen LogP contribution in [0.5, 0.6) is 11.5 Å². The lowest BCUT2D eigenvalue weighted by Gasteiger charge is -2.07. The molecule has 0 aliphatic carbocycles. The van der Waals surface area contributed by atoms with Crippen molar-refractivity contribution in [3.8, 4) is 11.5 Å². The van der Waals surface area contributed by atoms with Gasteiger partial charge in [0.1, 0.15) is 18.1 Å². The molecule has 0 fully saturated rings. The molecule has 0 heterocycles. The van der Waals surface area contributed by atoms with Crippen molar-refractivity contribution in [2.45, 2.75) is 6.61 Å². The van der Waals surface area contributed by atoms with E-state index < -0.39 is 10.5 Å². The highest BCUT2D eigenvalue weighted by Gasteiger charge is 2.09. The van der Waals surface area contributed by atoms with Crippen molar-refractivity contribution >= 4 is 22.1 Å². The largest absolute Gasteiger partial charge is 0.489 e. The summed E-state index contributed by atoms with van der Waals surface area (Å²) in [5.74, 6) is 0.384. The van der Waals surface area contributed by atoms with Gasteiger partial charge in [-0.15, -0.1) is 0 Å². The molecule has 0 spiro atoms. The molecule has 0 N–H and O–H groups in total. The fourth-order valence-corrected chi connectivity index (χ4v) is 1.92. The van der Waals surface area contributed by atoms with Crippen LogP contribution in [-0.2, 0) is 17.1 Å². The van der Waals surface area contributed by atoms with Crippen LogP contribution in [0.3, 0.4) is 0 Å². The highest BCUT2D eigenvalue weighted by atomic mass is 35.5. The maximum absolute atomic E-state index is 12.3. The predicted octanol–water partition coefficient (Wildman–Crippen LogP) is 3.51. The van der Waals surface area contributed by atoms with Gasteiger partial charge < -0.3 is 8.92 Å². The van der Waals surface area contributed by atoms with Gasteiger partial charge in [0.25, 0.3) is 0 Å². The summed E-state index contributed by atoms with van der Waals surface area (Å²) >= 11 is 5.76. The van der Waals surface area contributed by atoms with E-state index in [1.165, 1.54) is 24.3 Å². The Morgan fingerprint density at radius 2 is 1.50 bits per heavy atom. The molecule has 0 aliphatic rings. The van der Waals surface area contributed by atoms with Gasteiger partial charge in [0.15, 0.2) is 0 Å². The van der Waals surface area contributed by atoms with E-state index in [1.54, 1.807) is 12.1 Å². The second-order valence-electron chi connectivity index (χ2n) is 3.86. The summed E-state index contributed by atoms with van der Waals surface area (Å²) in [7, 11) is -5.00. The van der Waals surface area contributed by atoms with Crippen LogP contribution in [-0.4, -0.2) is 8.42 Å².